The monoisotopic (exact) mass is 372 g/mol. The lowest BCUT2D eigenvalue weighted by Crippen LogP contribution is -2.18. The molecule has 6 nitrogen and oxygen atoms in total. The number of anilines is 2. The molecule has 2 aromatic rings. The van der Waals surface area contributed by atoms with Gasteiger partial charge in [0.05, 0.1) is 12.9 Å². The Balaban J connectivity index is 1.84. The van der Waals surface area contributed by atoms with Crippen LogP contribution in [0.1, 0.15) is 0 Å². The van der Waals surface area contributed by atoms with E-state index in [4.69, 9.17) is 10.5 Å². The molecule has 0 spiro atoms. The molecule has 1 aromatic carbocycles. The number of ether oxygens (including phenoxy) is 1. The van der Waals surface area contributed by atoms with Gasteiger partial charge in [0.15, 0.2) is 0 Å². The minimum absolute atomic E-state index is 0.158. The lowest BCUT2D eigenvalue weighted by atomic mass is 10.3. The van der Waals surface area contributed by atoms with Crippen LogP contribution in [0.4, 0.5) is 11.5 Å². The molecule has 19 heavy (non-hydrogen) atoms. The summed E-state index contributed by atoms with van der Waals surface area (Å²) in [7, 11) is 0. The summed E-state index contributed by atoms with van der Waals surface area (Å²) < 4.78 is 6.05. The summed E-state index contributed by atoms with van der Waals surface area (Å²) in [6.07, 6.45) is 1.37. The third-order valence-corrected chi connectivity index (χ3v) is 3.32. The first kappa shape index (κ1) is 13.7. The molecule has 0 aliphatic rings. The first-order chi connectivity index (χ1) is 9.16. The SMILES string of the molecule is Nc1cccc(OCCNc2nc[nH]c(=O)c2I)c1. The zero-order valence-electron chi connectivity index (χ0n) is 10.0. The number of aromatic amines is 1. The Hall–Kier alpha value is -1.77. The smallest absolute Gasteiger partial charge is 0.266 e. The Morgan fingerprint density at radius 1 is 1.47 bits per heavy atom. The average molecular weight is 372 g/mol. The van der Waals surface area contributed by atoms with Gasteiger partial charge < -0.3 is 20.8 Å². The van der Waals surface area contributed by atoms with Crippen LogP contribution in [-0.2, 0) is 0 Å². The van der Waals surface area contributed by atoms with Crippen LogP contribution >= 0.6 is 22.6 Å². The van der Waals surface area contributed by atoms with Crippen molar-refractivity contribution in [3.63, 3.8) is 0 Å². The van der Waals surface area contributed by atoms with Crippen LogP contribution in [0, 0.1) is 3.57 Å². The number of aromatic nitrogens is 2. The van der Waals surface area contributed by atoms with Crippen LogP contribution in [0.15, 0.2) is 35.4 Å². The Bertz CT molecular complexity index is 615. The van der Waals surface area contributed by atoms with Crippen molar-refractivity contribution in [2.24, 2.45) is 0 Å². The largest absolute Gasteiger partial charge is 0.492 e. The van der Waals surface area contributed by atoms with Crippen molar-refractivity contribution in [3.8, 4) is 5.75 Å². The number of hydrogen-bond donors (Lipinski definition) is 3. The summed E-state index contributed by atoms with van der Waals surface area (Å²) in [4.78, 5) is 17.9. The highest BCUT2D eigenvalue weighted by Gasteiger charge is 2.03. The van der Waals surface area contributed by atoms with Gasteiger partial charge in [-0.15, -0.1) is 0 Å². The fraction of sp³-hybridized carbons (Fsp3) is 0.167. The first-order valence-corrected chi connectivity index (χ1v) is 6.70. The van der Waals surface area contributed by atoms with Gasteiger partial charge in [-0.2, -0.15) is 0 Å². The number of nitrogens with one attached hydrogen (secondary N) is 2. The molecule has 0 saturated heterocycles. The molecule has 2 rings (SSSR count). The van der Waals surface area contributed by atoms with Crippen molar-refractivity contribution in [2.45, 2.75) is 0 Å². The third-order valence-electron chi connectivity index (χ3n) is 2.32. The van der Waals surface area contributed by atoms with E-state index in [9.17, 15) is 4.79 Å². The molecule has 1 heterocycles. The van der Waals surface area contributed by atoms with Crippen LogP contribution in [0.3, 0.4) is 0 Å². The highest BCUT2D eigenvalue weighted by molar-refractivity contribution is 14.1. The Morgan fingerprint density at radius 2 is 2.32 bits per heavy atom. The fourth-order valence-electron chi connectivity index (χ4n) is 1.45. The maximum atomic E-state index is 11.3. The minimum atomic E-state index is -0.158. The maximum absolute atomic E-state index is 11.3. The minimum Gasteiger partial charge on any atom is -0.492 e. The summed E-state index contributed by atoms with van der Waals surface area (Å²) in [5.41, 5.74) is 6.15. The molecule has 0 aliphatic carbocycles. The number of nitrogen functional groups attached to an aromatic ring is 1. The molecule has 0 saturated carbocycles. The topological polar surface area (TPSA) is 93.0 Å². The molecular formula is C12H13IN4O2. The first-order valence-electron chi connectivity index (χ1n) is 5.62. The lowest BCUT2D eigenvalue weighted by Gasteiger charge is -2.09. The molecule has 0 bridgehead atoms. The molecule has 100 valence electrons. The molecule has 4 N–H and O–H groups in total. The van der Waals surface area contributed by atoms with E-state index in [1.807, 2.05) is 34.7 Å². The number of H-pyrrole nitrogens is 1. The summed E-state index contributed by atoms with van der Waals surface area (Å²) >= 11 is 1.95. The molecule has 0 fully saturated rings. The normalized spacial score (nSPS) is 10.2. The fourth-order valence-corrected chi connectivity index (χ4v) is 1.93. The van der Waals surface area contributed by atoms with Crippen LogP contribution < -0.4 is 21.3 Å². The molecule has 7 heteroatoms. The molecule has 0 unspecified atom stereocenters. The number of nitrogens with zero attached hydrogens (tertiary/aromatic N) is 1. The van der Waals surface area contributed by atoms with Gasteiger partial charge in [0.25, 0.3) is 5.56 Å². The Kier molecular flexibility index (Phi) is 4.61. The van der Waals surface area contributed by atoms with Crippen molar-refractivity contribution in [1.29, 1.82) is 0 Å². The zero-order chi connectivity index (χ0) is 13.7. The van der Waals surface area contributed by atoms with Gasteiger partial charge in [0.2, 0.25) is 0 Å². The molecule has 0 atom stereocenters. The second-order valence-electron chi connectivity index (χ2n) is 3.74. The summed E-state index contributed by atoms with van der Waals surface area (Å²) in [6, 6.07) is 7.23. The van der Waals surface area contributed by atoms with Crippen molar-refractivity contribution in [1.82, 2.24) is 9.97 Å². The van der Waals surface area contributed by atoms with Gasteiger partial charge in [0.1, 0.15) is 21.7 Å². The summed E-state index contributed by atoms with van der Waals surface area (Å²) in [5.74, 6) is 1.27. The number of benzene rings is 1. The van der Waals surface area contributed by atoms with Crippen LogP contribution in [0.5, 0.6) is 5.75 Å². The molecule has 0 radical (unpaired) electrons. The van der Waals surface area contributed by atoms with Crippen LogP contribution in [0.25, 0.3) is 0 Å². The quantitative estimate of drug-likeness (QED) is 0.420. The van der Waals surface area contributed by atoms with Gasteiger partial charge in [-0.25, -0.2) is 4.98 Å². The summed E-state index contributed by atoms with van der Waals surface area (Å²) in [5, 5.41) is 3.04. The average Bonchev–Trinajstić information content (AvgIpc) is 2.39. The second kappa shape index (κ2) is 6.41. The van der Waals surface area contributed by atoms with E-state index in [1.165, 1.54) is 6.33 Å². The maximum Gasteiger partial charge on any atom is 0.266 e. The number of nitrogens with two attached hydrogens (primary N) is 1. The number of rotatable bonds is 5. The third kappa shape index (κ3) is 3.85. The highest BCUT2D eigenvalue weighted by Crippen LogP contribution is 2.14. The van der Waals surface area contributed by atoms with E-state index in [-0.39, 0.29) is 5.56 Å². The van der Waals surface area contributed by atoms with Crippen LogP contribution in [-0.4, -0.2) is 23.1 Å². The van der Waals surface area contributed by atoms with Gasteiger partial charge in [0, 0.05) is 11.8 Å². The van der Waals surface area contributed by atoms with E-state index >= 15 is 0 Å². The number of halogens is 1. The molecule has 1 aromatic heterocycles. The van der Waals surface area contributed by atoms with Crippen molar-refractivity contribution in [3.05, 3.63) is 44.5 Å². The zero-order valence-corrected chi connectivity index (χ0v) is 12.2. The number of hydrogen-bond acceptors (Lipinski definition) is 5. The van der Waals surface area contributed by atoms with Crippen LogP contribution in [0.2, 0.25) is 0 Å². The van der Waals surface area contributed by atoms with E-state index < -0.39 is 0 Å². The second-order valence-corrected chi connectivity index (χ2v) is 4.82. The predicted molar refractivity (Wildman–Crippen MR) is 82.4 cm³/mol. The van der Waals surface area contributed by atoms with E-state index in [0.717, 1.165) is 5.75 Å². The predicted octanol–water partition coefficient (Wildman–Crippen LogP) is 1.45. The molecule has 0 aliphatic heterocycles. The van der Waals surface area contributed by atoms with Crippen molar-refractivity contribution >= 4 is 34.1 Å². The molecule has 0 amide bonds. The highest BCUT2D eigenvalue weighted by atomic mass is 127. The Morgan fingerprint density at radius 3 is 3.11 bits per heavy atom. The van der Waals surface area contributed by atoms with Gasteiger partial charge >= 0.3 is 0 Å². The molecular weight excluding hydrogens is 359 g/mol. The van der Waals surface area contributed by atoms with Gasteiger partial charge in [-0.3, -0.25) is 4.79 Å². The van der Waals surface area contributed by atoms with Gasteiger partial charge in [-0.05, 0) is 34.7 Å². The van der Waals surface area contributed by atoms with Crippen molar-refractivity contribution in [2.75, 3.05) is 24.2 Å². The Labute approximate surface area is 123 Å². The van der Waals surface area contributed by atoms with Gasteiger partial charge in [-0.1, -0.05) is 6.07 Å². The van der Waals surface area contributed by atoms with E-state index in [1.54, 1.807) is 12.1 Å². The van der Waals surface area contributed by atoms with Crippen molar-refractivity contribution < 1.29 is 4.74 Å². The standard InChI is InChI=1S/C12H13IN4O2/c13-10-11(16-7-17-12(10)18)15-4-5-19-9-3-1-2-8(14)6-9/h1-3,6-7H,4-5,14H2,(H2,15,16,17,18). The lowest BCUT2D eigenvalue weighted by molar-refractivity contribution is 0.333. The summed E-state index contributed by atoms with van der Waals surface area (Å²) in [6.45, 7) is 0.995. The van der Waals surface area contributed by atoms with E-state index in [0.29, 0.717) is 28.2 Å². The van der Waals surface area contributed by atoms with E-state index in [2.05, 4.69) is 15.3 Å².